The lowest BCUT2D eigenvalue weighted by atomic mass is 10.2. The lowest BCUT2D eigenvalue weighted by Gasteiger charge is -1.91. The second kappa shape index (κ2) is 7.55. The molecule has 4 nitrogen and oxygen atoms in total. The molecule has 94 valence electrons. The van der Waals surface area contributed by atoms with Crippen molar-refractivity contribution in [2.45, 2.75) is 0 Å². The van der Waals surface area contributed by atoms with Crippen LogP contribution in [0.5, 0.6) is 0 Å². The first-order valence-corrected chi connectivity index (χ1v) is 5.87. The molecule has 1 aromatic carbocycles. The number of rotatable bonds is 2. The van der Waals surface area contributed by atoms with E-state index in [0.717, 1.165) is 0 Å². The maximum Gasteiger partial charge on any atom is 0.115 e. The molecule has 0 atom stereocenters. The van der Waals surface area contributed by atoms with Crippen molar-refractivity contribution < 1.29 is 0 Å². The van der Waals surface area contributed by atoms with Gasteiger partial charge in [0.2, 0.25) is 0 Å². The van der Waals surface area contributed by atoms with Crippen LogP contribution in [0.4, 0.5) is 0 Å². The predicted molar refractivity (Wildman–Crippen MR) is 75.9 cm³/mol. The fourth-order valence-corrected chi connectivity index (χ4v) is 1.35. The third-order valence-corrected chi connectivity index (χ3v) is 2.22. The fraction of sp³-hybridized carbons (Fsp3) is 0. The van der Waals surface area contributed by atoms with Gasteiger partial charge in [-0.15, -0.1) is 0 Å². The van der Waals surface area contributed by atoms with E-state index >= 15 is 0 Å². The molecule has 0 fully saturated rings. The van der Waals surface area contributed by atoms with Gasteiger partial charge in [-0.25, -0.2) is 14.6 Å². The zero-order valence-corrected chi connectivity index (χ0v) is 10.4. The summed E-state index contributed by atoms with van der Waals surface area (Å²) in [5.74, 6) is 0. The Morgan fingerprint density at radius 2 is 1.63 bits per heavy atom. The Hall–Kier alpha value is -2.75. The number of hydrogen-bond acceptors (Lipinski definition) is 3. The molecule has 0 saturated carbocycles. The summed E-state index contributed by atoms with van der Waals surface area (Å²) in [7, 11) is 0. The van der Waals surface area contributed by atoms with Crippen molar-refractivity contribution in [3.63, 3.8) is 0 Å². The predicted octanol–water partition coefficient (Wildman–Crippen LogP) is 2.99. The Bertz CT molecular complexity index is 547. The van der Waals surface area contributed by atoms with E-state index in [1.165, 1.54) is 11.9 Å². The summed E-state index contributed by atoms with van der Waals surface area (Å²) in [6, 6.07) is 13.8. The summed E-state index contributed by atoms with van der Waals surface area (Å²) in [5, 5.41) is 4.06. The van der Waals surface area contributed by atoms with Crippen LogP contribution in [0.3, 0.4) is 0 Å². The Morgan fingerprint density at radius 3 is 2.16 bits per heavy atom. The third kappa shape index (κ3) is 4.95. The van der Waals surface area contributed by atoms with Crippen molar-refractivity contribution in [3.05, 3.63) is 79.1 Å². The number of hydrogen-bond donors (Lipinski definition) is 0. The SMILES string of the molecule is C(=C\n1cccn1)/c1ccccc1.c1cncnc1. The molecule has 2 aromatic heterocycles. The van der Waals surface area contributed by atoms with E-state index in [1.54, 1.807) is 29.3 Å². The van der Waals surface area contributed by atoms with Crippen molar-refractivity contribution in [1.29, 1.82) is 0 Å². The second-order valence-electron chi connectivity index (χ2n) is 3.62. The van der Waals surface area contributed by atoms with Gasteiger partial charge in [0, 0.05) is 31.0 Å². The second-order valence-corrected chi connectivity index (χ2v) is 3.62. The van der Waals surface area contributed by atoms with Gasteiger partial charge >= 0.3 is 0 Å². The molecule has 0 aliphatic carbocycles. The summed E-state index contributed by atoms with van der Waals surface area (Å²) in [6.07, 6.45) is 12.5. The molecule has 0 aliphatic rings. The van der Waals surface area contributed by atoms with Gasteiger partial charge in [-0.2, -0.15) is 5.10 Å². The highest BCUT2D eigenvalue weighted by atomic mass is 15.2. The van der Waals surface area contributed by atoms with Crippen LogP contribution in [-0.2, 0) is 0 Å². The van der Waals surface area contributed by atoms with Crippen LogP contribution >= 0.6 is 0 Å². The molecular weight excluding hydrogens is 236 g/mol. The minimum Gasteiger partial charge on any atom is -0.248 e. The van der Waals surface area contributed by atoms with Gasteiger partial charge in [-0.3, -0.25) is 0 Å². The van der Waals surface area contributed by atoms with Crippen LogP contribution in [0.2, 0.25) is 0 Å². The molecule has 0 aliphatic heterocycles. The molecule has 3 rings (SSSR count). The Balaban J connectivity index is 0.000000186. The fourth-order valence-electron chi connectivity index (χ4n) is 1.35. The van der Waals surface area contributed by atoms with Crippen LogP contribution in [0.15, 0.2) is 73.6 Å². The third-order valence-electron chi connectivity index (χ3n) is 2.22. The van der Waals surface area contributed by atoms with Gasteiger partial charge in [-0.1, -0.05) is 30.3 Å². The summed E-state index contributed by atoms with van der Waals surface area (Å²) < 4.78 is 1.77. The summed E-state index contributed by atoms with van der Waals surface area (Å²) in [6.45, 7) is 0. The molecule has 4 heteroatoms. The van der Waals surface area contributed by atoms with E-state index in [-0.39, 0.29) is 0 Å². The van der Waals surface area contributed by atoms with Crippen LogP contribution in [-0.4, -0.2) is 19.7 Å². The van der Waals surface area contributed by atoms with Crippen LogP contribution in [0.25, 0.3) is 12.3 Å². The summed E-state index contributed by atoms with van der Waals surface area (Å²) in [5.41, 5.74) is 1.18. The van der Waals surface area contributed by atoms with Crippen LogP contribution in [0, 0.1) is 0 Å². The number of aromatic nitrogens is 4. The van der Waals surface area contributed by atoms with Crippen molar-refractivity contribution in [3.8, 4) is 0 Å². The van der Waals surface area contributed by atoms with Gasteiger partial charge in [0.1, 0.15) is 6.33 Å². The Morgan fingerprint density at radius 1 is 0.842 bits per heavy atom. The van der Waals surface area contributed by atoms with E-state index in [9.17, 15) is 0 Å². The largest absolute Gasteiger partial charge is 0.248 e. The molecule has 0 radical (unpaired) electrons. The van der Waals surface area contributed by atoms with E-state index in [0.29, 0.717) is 0 Å². The maximum atomic E-state index is 4.06. The van der Waals surface area contributed by atoms with Crippen molar-refractivity contribution >= 4 is 12.3 Å². The standard InChI is InChI=1S/C11H10N2.C4H4N2/c1-2-5-11(6-3-1)7-10-13-9-4-8-12-13;1-2-5-4-6-3-1/h1-10H;1-4H/b10-7+;. The van der Waals surface area contributed by atoms with Crippen LogP contribution < -0.4 is 0 Å². The Kier molecular flexibility index (Phi) is 5.05. The molecule has 0 unspecified atom stereocenters. The smallest absolute Gasteiger partial charge is 0.115 e. The molecule has 19 heavy (non-hydrogen) atoms. The van der Waals surface area contributed by atoms with E-state index in [4.69, 9.17) is 0 Å². The van der Waals surface area contributed by atoms with Crippen molar-refractivity contribution in [2.24, 2.45) is 0 Å². The lowest BCUT2D eigenvalue weighted by molar-refractivity contribution is 0.938. The molecule has 0 N–H and O–H groups in total. The molecule has 0 saturated heterocycles. The minimum absolute atomic E-state index is 1.18. The summed E-state index contributed by atoms with van der Waals surface area (Å²) >= 11 is 0. The highest BCUT2D eigenvalue weighted by Gasteiger charge is 1.83. The molecular formula is C15H14N4. The highest BCUT2D eigenvalue weighted by Crippen LogP contribution is 2.01. The minimum atomic E-state index is 1.18. The first-order valence-electron chi connectivity index (χ1n) is 5.87. The van der Waals surface area contributed by atoms with Gasteiger partial charge in [0.25, 0.3) is 0 Å². The average Bonchev–Trinajstić information content (AvgIpc) is 3.02. The molecule has 2 heterocycles. The van der Waals surface area contributed by atoms with Gasteiger partial charge < -0.3 is 0 Å². The van der Waals surface area contributed by atoms with Gasteiger partial charge in [0.15, 0.2) is 0 Å². The zero-order valence-electron chi connectivity index (χ0n) is 10.4. The normalized spacial score (nSPS) is 9.89. The van der Waals surface area contributed by atoms with Gasteiger partial charge in [0.05, 0.1) is 0 Å². The lowest BCUT2D eigenvalue weighted by Crippen LogP contribution is -1.83. The maximum absolute atomic E-state index is 4.06. The van der Waals surface area contributed by atoms with Crippen LogP contribution in [0.1, 0.15) is 5.56 Å². The first-order chi connectivity index (χ1) is 9.45. The molecule has 0 bridgehead atoms. The number of nitrogens with zero attached hydrogens (tertiary/aromatic N) is 4. The monoisotopic (exact) mass is 250 g/mol. The topological polar surface area (TPSA) is 43.6 Å². The zero-order chi connectivity index (χ0) is 13.2. The van der Waals surface area contributed by atoms with E-state index < -0.39 is 0 Å². The molecule has 3 aromatic rings. The van der Waals surface area contributed by atoms with Crippen molar-refractivity contribution in [2.75, 3.05) is 0 Å². The van der Waals surface area contributed by atoms with E-state index in [2.05, 4.69) is 27.2 Å². The quantitative estimate of drug-likeness (QED) is 0.702. The number of benzene rings is 1. The van der Waals surface area contributed by atoms with Gasteiger partial charge in [-0.05, 0) is 23.8 Å². The summed E-state index contributed by atoms with van der Waals surface area (Å²) in [4.78, 5) is 7.35. The average molecular weight is 250 g/mol. The Labute approximate surface area is 112 Å². The molecule has 0 spiro atoms. The van der Waals surface area contributed by atoms with Crippen molar-refractivity contribution in [1.82, 2.24) is 19.7 Å². The first kappa shape index (κ1) is 12.7. The van der Waals surface area contributed by atoms with E-state index in [1.807, 2.05) is 42.7 Å². The highest BCUT2D eigenvalue weighted by molar-refractivity contribution is 5.59. The molecule has 0 amide bonds.